The van der Waals surface area contributed by atoms with Crippen molar-refractivity contribution in [2.24, 2.45) is 0 Å². The van der Waals surface area contributed by atoms with Gasteiger partial charge in [-0.15, -0.1) is 0 Å². The summed E-state index contributed by atoms with van der Waals surface area (Å²) in [5, 5.41) is 5.40. The molecule has 7 nitrogen and oxygen atoms in total. The van der Waals surface area contributed by atoms with Crippen molar-refractivity contribution in [3.05, 3.63) is 64.1 Å². The van der Waals surface area contributed by atoms with Crippen LogP contribution in [0.4, 0.5) is 0 Å². The third kappa shape index (κ3) is 5.88. The molecule has 0 aromatic heterocycles. The Kier molecular flexibility index (Phi) is 7.73. The minimum absolute atomic E-state index is 0.0151. The van der Waals surface area contributed by atoms with Gasteiger partial charge in [0.1, 0.15) is 0 Å². The van der Waals surface area contributed by atoms with Crippen molar-refractivity contribution >= 4 is 37.8 Å². The summed E-state index contributed by atoms with van der Waals surface area (Å²) in [5.41, 5.74) is 1.13. The first kappa shape index (κ1) is 22.1. The van der Waals surface area contributed by atoms with Gasteiger partial charge in [0.2, 0.25) is 15.9 Å². The summed E-state index contributed by atoms with van der Waals surface area (Å²) >= 11 is 3.21. The van der Waals surface area contributed by atoms with Crippen LogP contribution in [0.25, 0.3) is 0 Å². The average molecular weight is 468 g/mol. The topological polar surface area (TPSA) is 95.6 Å². The normalized spacial score (nSPS) is 11.3. The molecule has 0 aliphatic rings. The summed E-state index contributed by atoms with van der Waals surface area (Å²) in [6, 6.07) is 13.7. The number of carbonyl (C=O) groups excluding carboxylic acids is 2. The van der Waals surface area contributed by atoms with Crippen LogP contribution in [0.5, 0.6) is 0 Å². The molecule has 0 saturated carbocycles. The summed E-state index contributed by atoms with van der Waals surface area (Å²) < 4.78 is 26.1. The highest BCUT2D eigenvalue weighted by Gasteiger charge is 2.22. The van der Waals surface area contributed by atoms with E-state index in [2.05, 4.69) is 26.6 Å². The largest absolute Gasteiger partial charge is 0.354 e. The zero-order valence-electron chi connectivity index (χ0n) is 15.6. The van der Waals surface area contributed by atoms with Gasteiger partial charge < -0.3 is 10.6 Å². The number of sulfonamides is 1. The summed E-state index contributed by atoms with van der Waals surface area (Å²) in [7, 11) is -0.834. The van der Waals surface area contributed by atoms with Gasteiger partial charge in [-0.05, 0) is 39.7 Å². The Balaban J connectivity index is 1.89. The number of hydrogen-bond acceptors (Lipinski definition) is 4. The molecule has 2 N–H and O–H groups in total. The maximum Gasteiger partial charge on any atom is 0.251 e. The molecule has 9 heteroatoms. The zero-order chi connectivity index (χ0) is 20.7. The number of nitrogens with one attached hydrogen (secondary N) is 2. The zero-order valence-corrected chi connectivity index (χ0v) is 18.0. The lowest BCUT2D eigenvalue weighted by molar-refractivity contribution is -0.120. The van der Waals surface area contributed by atoms with Gasteiger partial charge in [-0.25, -0.2) is 12.7 Å². The highest BCUT2D eigenvalue weighted by atomic mass is 79.9. The molecule has 0 fully saturated rings. The quantitative estimate of drug-likeness (QED) is 0.578. The third-order valence-electron chi connectivity index (χ3n) is 3.89. The lowest BCUT2D eigenvalue weighted by Crippen LogP contribution is -2.35. The van der Waals surface area contributed by atoms with Gasteiger partial charge in [-0.3, -0.25) is 9.59 Å². The predicted octanol–water partition coefficient (Wildman–Crippen LogP) is 1.79. The molecule has 0 radical (unpaired) electrons. The van der Waals surface area contributed by atoms with E-state index in [1.54, 1.807) is 0 Å². The molecular formula is C19H22BrN3O4S. The molecule has 0 aliphatic heterocycles. The van der Waals surface area contributed by atoms with Crippen molar-refractivity contribution in [3.8, 4) is 0 Å². The Morgan fingerprint density at radius 2 is 1.64 bits per heavy atom. The fraction of sp³-hybridized carbons (Fsp3) is 0.263. The van der Waals surface area contributed by atoms with Gasteiger partial charge in [0.25, 0.3) is 5.91 Å². The molecular weight excluding hydrogens is 446 g/mol. The molecule has 0 heterocycles. The van der Waals surface area contributed by atoms with Gasteiger partial charge in [0.15, 0.2) is 0 Å². The van der Waals surface area contributed by atoms with E-state index in [9.17, 15) is 18.0 Å². The lowest BCUT2D eigenvalue weighted by atomic mass is 10.1. The summed E-state index contributed by atoms with van der Waals surface area (Å²) in [6.45, 7) is 0.502. The van der Waals surface area contributed by atoms with Gasteiger partial charge in [-0.1, -0.05) is 30.3 Å². The van der Waals surface area contributed by atoms with E-state index >= 15 is 0 Å². The third-order valence-corrected chi connectivity index (χ3v) is 6.70. The van der Waals surface area contributed by atoms with Crippen LogP contribution in [-0.2, 0) is 21.2 Å². The van der Waals surface area contributed by atoms with Crippen LogP contribution >= 0.6 is 15.9 Å². The fourth-order valence-corrected chi connectivity index (χ4v) is 4.21. The Bertz CT molecular complexity index is 947. The van der Waals surface area contributed by atoms with Crippen molar-refractivity contribution in [1.29, 1.82) is 0 Å². The SMILES string of the molecule is CN(C)S(=O)(=O)c1cc(C(=O)NCCNC(=O)Cc2ccccc2)ccc1Br. The highest BCUT2D eigenvalue weighted by Crippen LogP contribution is 2.25. The Morgan fingerprint density at radius 1 is 1.00 bits per heavy atom. The molecule has 0 bridgehead atoms. The molecule has 0 atom stereocenters. The number of nitrogens with zero attached hydrogens (tertiary/aromatic N) is 1. The van der Waals surface area contributed by atoms with Crippen molar-refractivity contribution < 1.29 is 18.0 Å². The molecule has 150 valence electrons. The smallest absolute Gasteiger partial charge is 0.251 e. The van der Waals surface area contributed by atoms with Crippen LogP contribution in [-0.4, -0.2) is 51.7 Å². The van der Waals surface area contributed by atoms with Crippen molar-refractivity contribution in [2.45, 2.75) is 11.3 Å². The Labute approximate surface area is 173 Å². The number of halogens is 1. The molecule has 2 aromatic carbocycles. The predicted molar refractivity (Wildman–Crippen MR) is 111 cm³/mol. The first-order chi connectivity index (χ1) is 13.2. The summed E-state index contributed by atoms with van der Waals surface area (Å²) in [5.74, 6) is -0.552. The molecule has 0 saturated heterocycles. The van der Waals surface area contributed by atoms with Gasteiger partial charge in [0.05, 0.1) is 11.3 Å². The van der Waals surface area contributed by atoms with E-state index in [1.165, 1.54) is 32.3 Å². The number of rotatable bonds is 8. The molecule has 28 heavy (non-hydrogen) atoms. The van der Waals surface area contributed by atoms with Gasteiger partial charge in [0, 0.05) is 37.2 Å². The van der Waals surface area contributed by atoms with Crippen molar-refractivity contribution in [1.82, 2.24) is 14.9 Å². The van der Waals surface area contributed by atoms with Crippen LogP contribution in [0, 0.1) is 0 Å². The second-order valence-electron chi connectivity index (χ2n) is 6.20. The molecule has 2 rings (SSSR count). The van der Waals surface area contributed by atoms with E-state index in [-0.39, 0.29) is 35.9 Å². The molecule has 0 aliphatic carbocycles. The number of carbonyl (C=O) groups is 2. The first-order valence-corrected chi connectivity index (χ1v) is 10.8. The van der Waals surface area contributed by atoms with E-state index in [0.29, 0.717) is 4.47 Å². The van der Waals surface area contributed by atoms with E-state index < -0.39 is 15.9 Å². The molecule has 0 spiro atoms. The van der Waals surface area contributed by atoms with Crippen LogP contribution in [0.2, 0.25) is 0 Å². The van der Waals surface area contributed by atoms with Gasteiger partial charge in [-0.2, -0.15) is 0 Å². The molecule has 2 aromatic rings. The van der Waals surface area contributed by atoms with Crippen LogP contribution < -0.4 is 10.6 Å². The van der Waals surface area contributed by atoms with Crippen LogP contribution in [0.15, 0.2) is 57.9 Å². The standard InChI is InChI=1S/C19H22BrN3O4S/c1-23(2)28(26,27)17-13-15(8-9-16(17)20)19(25)22-11-10-21-18(24)12-14-6-4-3-5-7-14/h3-9,13H,10-12H2,1-2H3,(H,21,24)(H,22,25). The number of amides is 2. The average Bonchev–Trinajstić information content (AvgIpc) is 2.66. The maximum absolute atomic E-state index is 12.3. The molecule has 2 amide bonds. The van der Waals surface area contributed by atoms with Crippen molar-refractivity contribution in [2.75, 3.05) is 27.2 Å². The van der Waals surface area contributed by atoms with E-state index in [4.69, 9.17) is 0 Å². The lowest BCUT2D eigenvalue weighted by Gasteiger charge is -2.14. The summed E-state index contributed by atoms with van der Waals surface area (Å²) in [4.78, 5) is 24.2. The maximum atomic E-state index is 12.3. The van der Waals surface area contributed by atoms with Crippen molar-refractivity contribution in [3.63, 3.8) is 0 Å². The highest BCUT2D eigenvalue weighted by molar-refractivity contribution is 9.10. The second-order valence-corrected chi connectivity index (χ2v) is 9.18. The first-order valence-electron chi connectivity index (χ1n) is 8.52. The summed E-state index contributed by atoms with van der Waals surface area (Å²) in [6.07, 6.45) is 0.271. The molecule has 0 unspecified atom stereocenters. The van der Waals surface area contributed by atoms with E-state index in [1.807, 2.05) is 30.3 Å². The number of hydrogen-bond donors (Lipinski definition) is 2. The van der Waals surface area contributed by atoms with E-state index in [0.717, 1.165) is 9.87 Å². The van der Waals surface area contributed by atoms with Gasteiger partial charge >= 0.3 is 0 Å². The Hall–Kier alpha value is -2.23. The monoisotopic (exact) mass is 467 g/mol. The van der Waals surface area contributed by atoms with Crippen LogP contribution in [0.3, 0.4) is 0 Å². The minimum atomic E-state index is -3.68. The fourth-order valence-electron chi connectivity index (χ4n) is 2.36. The second kappa shape index (κ2) is 9.81. The number of benzene rings is 2. The van der Waals surface area contributed by atoms with Crippen LogP contribution in [0.1, 0.15) is 15.9 Å². The Morgan fingerprint density at radius 3 is 2.29 bits per heavy atom. The minimum Gasteiger partial charge on any atom is -0.354 e.